The summed E-state index contributed by atoms with van der Waals surface area (Å²) in [6.07, 6.45) is -3.03. The second-order valence-electron chi connectivity index (χ2n) is 5.42. The number of benzene rings is 2. The third-order valence-corrected chi connectivity index (χ3v) is 5.63. The van der Waals surface area contributed by atoms with E-state index in [1.54, 1.807) is 18.2 Å². The maximum absolute atomic E-state index is 12.9. The lowest BCUT2D eigenvalue weighted by Gasteiger charge is -2.11. The van der Waals surface area contributed by atoms with E-state index in [4.69, 9.17) is 23.2 Å². The lowest BCUT2D eigenvalue weighted by atomic mass is 10.0. The highest BCUT2D eigenvalue weighted by Crippen LogP contribution is 2.39. The number of pyridine rings is 1. The summed E-state index contributed by atoms with van der Waals surface area (Å²) < 4.78 is 38.7. The molecule has 0 N–H and O–H groups in total. The van der Waals surface area contributed by atoms with E-state index in [9.17, 15) is 18.4 Å². The van der Waals surface area contributed by atoms with Crippen molar-refractivity contribution in [3.63, 3.8) is 0 Å². The van der Waals surface area contributed by atoms with Crippen molar-refractivity contribution in [2.75, 3.05) is 0 Å². The van der Waals surface area contributed by atoms with E-state index in [-0.39, 0.29) is 5.56 Å². The molecule has 3 aromatic rings. The molecule has 0 fully saturated rings. The van der Waals surface area contributed by atoms with Gasteiger partial charge in [-0.05, 0) is 35.9 Å². The van der Waals surface area contributed by atoms with Gasteiger partial charge in [0.15, 0.2) is 0 Å². The van der Waals surface area contributed by atoms with Crippen LogP contribution in [-0.4, -0.2) is 4.98 Å². The maximum atomic E-state index is 12.9. The van der Waals surface area contributed by atoms with Gasteiger partial charge in [0, 0.05) is 11.8 Å². The fourth-order valence-corrected chi connectivity index (χ4v) is 3.80. The molecule has 3 rings (SSSR count). The van der Waals surface area contributed by atoms with Crippen LogP contribution in [0.2, 0.25) is 10.0 Å². The van der Waals surface area contributed by atoms with Crippen LogP contribution in [0, 0.1) is 11.3 Å². The average molecular weight is 425 g/mol. The van der Waals surface area contributed by atoms with E-state index in [1.807, 2.05) is 6.07 Å². The Hall–Kier alpha value is -2.20. The molecule has 0 saturated heterocycles. The van der Waals surface area contributed by atoms with Crippen LogP contribution >= 0.6 is 35.0 Å². The lowest BCUT2D eigenvalue weighted by molar-refractivity contribution is -0.137. The third-order valence-electron chi connectivity index (χ3n) is 3.61. The van der Waals surface area contributed by atoms with Gasteiger partial charge < -0.3 is 0 Å². The molecule has 0 aliphatic rings. The second-order valence-corrected chi connectivity index (χ2v) is 7.23. The predicted molar refractivity (Wildman–Crippen MR) is 100.0 cm³/mol. The van der Waals surface area contributed by atoms with Gasteiger partial charge in [0.05, 0.1) is 26.1 Å². The fraction of sp³-hybridized carbons (Fsp3) is 0.0526. The van der Waals surface area contributed by atoms with Gasteiger partial charge in [-0.15, -0.1) is 0 Å². The molecular weight excluding hydrogens is 416 g/mol. The Labute approximate surface area is 167 Å². The SMILES string of the molecule is N#Cc1cc(-c2cccc(C(F)(F)F)c2)cnc1Sc1c(Cl)cccc1Cl. The van der Waals surface area contributed by atoms with Crippen LogP contribution in [0.3, 0.4) is 0 Å². The minimum Gasteiger partial charge on any atom is -0.248 e. The Balaban J connectivity index is 2.00. The van der Waals surface area contributed by atoms with E-state index in [0.717, 1.165) is 23.9 Å². The van der Waals surface area contributed by atoms with Gasteiger partial charge in [-0.1, -0.05) is 53.2 Å². The molecule has 8 heteroatoms. The molecule has 2 aromatic carbocycles. The van der Waals surface area contributed by atoms with Crippen LogP contribution in [0.25, 0.3) is 11.1 Å². The molecule has 2 nitrogen and oxygen atoms in total. The Morgan fingerprint density at radius 1 is 0.963 bits per heavy atom. The van der Waals surface area contributed by atoms with Gasteiger partial charge in [-0.3, -0.25) is 0 Å². The van der Waals surface area contributed by atoms with Crippen molar-refractivity contribution in [1.29, 1.82) is 5.26 Å². The van der Waals surface area contributed by atoms with Crippen molar-refractivity contribution in [1.82, 2.24) is 4.98 Å². The quantitative estimate of drug-likeness (QED) is 0.449. The summed E-state index contributed by atoms with van der Waals surface area (Å²) in [5.41, 5.74) is 0.180. The van der Waals surface area contributed by atoms with Crippen molar-refractivity contribution < 1.29 is 13.2 Å². The van der Waals surface area contributed by atoms with Gasteiger partial charge in [0.2, 0.25) is 0 Å². The van der Waals surface area contributed by atoms with Crippen molar-refractivity contribution >= 4 is 35.0 Å². The number of nitrogens with zero attached hydrogens (tertiary/aromatic N) is 2. The van der Waals surface area contributed by atoms with Crippen molar-refractivity contribution in [3.05, 3.63) is 75.9 Å². The first-order chi connectivity index (χ1) is 12.8. The molecule has 0 saturated carbocycles. The molecule has 0 aliphatic carbocycles. The van der Waals surface area contributed by atoms with Crippen LogP contribution in [0.1, 0.15) is 11.1 Å². The summed E-state index contributed by atoms with van der Waals surface area (Å²) >= 11 is 13.4. The van der Waals surface area contributed by atoms with E-state index < -0.39 is 11.7 Å². The maximum Gasteiger partial charge on any atom is 0.416 e. The number of alkyl halides is 3. The molecule has 27 heavy (non-hydrogen) atoms. The molecule has 0 spiro atoms. The fourth-order valence-electron chi connectivity index (χ4n) is 2.32. The minimum absolute atomic E-state index is 0.214. The zero-order valence-electron chi connectivity index (χ0n) is 13.4. The first-order valence-corrected chi connectivity index (χ1v) is 9.06. The Morgan fingerprint density at radius 2 is 1.63 bits per heavy atom. The number of nitriles is 1. The van der Waals surface area contributed by atoms with Crippen molar-refractivity contribution in [2.45, 2.75) is 16.1 Å². The normalized spacial score (nSPS) is 11.3. The zero-order chi connectivity index (χ0) is 19.6. The molecule has 136 valence electrons. The van der Waals surface area contributed by atoms with E-state index in [1.165, 1.54) is 24.4 Å². The first kappa shape index (κ1) is 19.6. The smallest absolute Gasteiger partial charge is 0.248 e. The topological polar surface area (TPSA) is 36.7 Å². The molecule has 0 unspecified atom stereocenters. The highest BCUT2D eigenvalue weighted by Gasteiger charge is 2.30. The van der Waals surface area contributed by atoms with Crippen molar-refractivity contribution in [3.8, 4) is 17.2 Å². The van der Waals surface area contributed by atoms with Gasteiger partial charge >= 0.3 is 6.18 Å². The van der Waals surface area contributed by atoms with Gasteiger partial charge in [0.25, 0.3) is 0 Å². The highest BCUT2D eigenvalue weighted by molar-refractivity contribution is 7.99. The summed E-state index contributed by atoms with van der Waals surface area (Å²) in [5, 5.41) is 10.6. The zero-order valence-corrected chi connectivity index (χ0v) is 15.7. The van der Waals surface area contributed by atoms with E-state index in [0.29, 0.717) is 31.1 Å². The number of halogens is 5. The molecule has 0 amide bonds. The Bertz CT molecular complexity index is 1030. The summed E-state index contributed by atoms with van der Waals surface area (Å²) in [7, 11) is 0. The average Bonchev–Trinajstić information content (AvgIpc) is 2.64. The monoisotopic (exact) mass is 424 g/mol. The van der Waals surface area contributed by atoms with E-state index in [2.05, 4.69) is 4.98 Å². The summed E-state index contributed by atoms with van der Waals surface area (Å²) in [5.74, 6) is 0. The molecule has 0 radical (unpaired) electrons. The van der Waals surface area contributed by atoms with Crippen LogP contribution in [0.4, 0.5) is 13.2 Å². The summed E-state index contributed by atoms with van der Waals surface area (Å²) in [4.78, 5) is 4.79. The molecule has 1 aromatic heterocycles. The molecular formula is C19H9Cl2F3N2S. The molecule has 0 aliphatic heterocycles. The largest absolute Gasteiger partial charge is 0.416 e. The van der Waals surface area contributed by atoms with Gasteiger partial charge in [-0.2, -0.15) is 18.4 Å². The highest BCUT2D eigenvalue weighted by atomic mass is 35.5. The lowest BCUT2D eigenvalue weighted by Crippen LogP contribution is -2.04. The van der Waals surface area contributed by atoms with E-state index >= 15 is 0 Å². The van der Waals surface area contributed by atoms with Crippen LogP contribution in [0.15, 0.2) is 64.6 Å². The Morgan fingerprint density at radius 3 is 2.26 bits per heavy atom. The predicted octanol–water partition coefficient (Wildman–Crippen LogP) is 7.10. The third kappa shape index (κ3) is 4.38. The number of aromatic nitrogens is 1. The van der Waals surface area contributed by atoms with Gasteiger partial charge in [-0.25, -0.2) is 4.98 Å². The minimum atomic E-state index is -4.45. The number of rotatable bonds is 3. The molecule has 0 atom stereocenters. The first-order valence-electron chi connectivity index (χ1n) is 7.49. The summed E-state index contributed by atoms with van der Waals surface area (Å²) in [6, 6.07) is 13.4. The van der Waals surface area contributed by atoms with Crippen LogP contribution < -0.4 is 0 Å². The van der Waals surface area contributed by atoms with Crippen LogP contribution in [-0.2, 0) is 6.18 Å². The number of hydrogen-bond donors (Lipinski definition) is 0. The van der Waals surface area contributed by atoms with Gasteiger partial charge in [0.1, 0.15) is 11.1 Å². The Kier molecular flexibility index (Phi) is 5.66. The number of hydrogen-bond acceptors (Lipinski definition) is 3. The molecule has 0 bridgehead atoms. The van der Waals surface area contributed by atoms with Crippen molar-refractivity contribution in [2.24, 2.45) is 0 Å². The summed E-state index contributed by atoms with van der Waals surface area (Å²) in [6.45, 7) is 0. The standard InChI is InChI=1S/C19H9Cl2F3N2S/c20-15-5-2-6-16(21)17(15)27-18-12(9-25)7-13(10-26-18)11-3-1-4-14(8-11)19(22,23)24/h1-8,10H. The second kappa shape index (κ2) is 7.81. The van der Waals surface area contributed by atoms with Crippen LogP contribution in [0.5, 0.6) is 0 Å². The molecule has 1 heterocycles.